The number of hydrogen-bond acceptors (Lipinski definition) is 4. The van der Waals surface area contributed by atoms with E-state index in [9.17, 15) is 9.59 Å². The van der Waals surface area contributed by atoms with E-state index in [1.54, 1.807) is 32.9 Å². The van der Waals surface area contributed by atoms with Crippen molar-refractivity contribution in [3.8, 4) is 11.1 Å². The van der Waals surface area contributed by atoms with E-state index in [1.807, 2.05) is 43.3 Å². The highest BCUT2D eigenvalue weighted by Gasteiger charge is 2.17. The average molecular weight is 369 g/mol. The van der Waals surface area contributed by atoms with Crippen LogP contribution in [0.5, 0.6) is 0 Å². The number of carbonyl (C=O) groups is 2. The zero-order valence-corrected chi connectivity index (χ0v) is 16.2. The monoisotopic (exact) mass is 369 g/mol. The third-order valence-electron chi connectivity index (χ3n) is 3.72. The molecule has 0 fully saturated rings. The zero-order valence-electron chi connectivity index (χ0n) is 16.2. The van der Waals surface area contributed by atoms with Crippen molar-refractivity contribution in [1.82, 2.24) is 10.6 Å². The second kappa shape index (κ2) is 8.58. The van der Waals surface area contributed by atoms with E-state index in [1.165, 1.54) is 0 Å². The summed E-state index contributed by atoms with van der Waals surface area (Å²) in [6.45, 7) is 7.49. The fraction of sp³-hybridized carbons (Fsp3) is 0.333. The van der Waals surface area contributed by atoms with Gasteiger partial charge in [0.2, 0.25) is 0 Å². The highest BCUT2D eigenvalue weighted by molar-refractivity contribution is 5.94. The van der Waals surface area contributed by atoms with Crippen molar-refractivity contribution in [2.75, 3.05) is 12.3 Å². The maximum absolute atomic E-state index is 12.3. The van der Waals surface area contributed by atoms with Crippen molar-refractivity contribution in [1.29, 1.82) is 0 Å². The second-order valence-corrected chi connectivity index (χ2v) is 7.46. The van der Waals surface area contributed by atoms with E-state index in [-0.39, 0.29) is 18.5 Å². The molecule has 0 radical (unpaired) electrons. The van der Waals surface area contributed by atoms with E-state index in [2.05, 4.69) is 10.6 Å². The minimum Gasteiger partial charge on any atom is -0.444 e. The molecule has 0 unspecified atom stereocenters. The van der Waals surface area contributed by atoms with Crippen LogP contribution in [-0.4, -0.2) is 30.2 Å². The van der Waals surface area contributed by atoms with Crippen molar-refractivity contribution in [2.45, 2.75) is 39.3 Å². The molecule has 1 atom stereocenters. The molecule has 0 saturated heterocycles. The maximum Gasteiger partial charge on any atom is 0.407 e. The summed E-state index contributed by atoms with van der Waals surface area (Å²) in [6.07, 6.45) is -0.503. The molecule has 6 nitrogen and oxygen atoms in total. The quantitative estimate of drug-likeness (QED) is 0.702. The van der Waals surface area contributed by atoms with Gasteiger partial charge in [0.25, 0.3) is 5.91 Å². The van der Waals surface area contributed by atoms with Gasteiger partial charge in [0.05, 0.1) is 0 Å². The molecule has 2 rings (SSSR count). The molecule has 0 aliphatic rings. The van der Waals surface area contributed by atoms with Gasteiger partial charge in [-0.2, -0.15) is 0 Å². The lowest BCUT2D eigenvalue weighted by molar-refractivity contribution is 0.0521. The fourth-order valence-corrected chi connectivity index (χ4v) is 2.40. The van der Waals surface area contributed by atoms with E-state index in [4.69, 9.17) is 10.5 Å². The number of rotatable bonds is 5. The number of nitrogens with one attached hydrogen (secondary N) is 2. The van der Waals surface area contributed by atoms with Crippen molar-refractivity contribution in [2.24, 2.45) is 0 Å². The molecule has 0 bridgehead atoms. The molecule has 4 N–H and O–H groups in total. The molecule has 2 amide bonds. The number of benzene rings is 2. The standard InChI is InChI=1S/C21H27N3O3/c1-14(13-23-20(26)27-21(2,3)4)24-19(25)17-7-5-15(6-8-17)16-9-11-18(22)12-10-16/h5-12,14H,13,22H2,1-4H3,(H,23,26)(H,24,25)/t14-/m1/s1. The van der Waals surface area contributed by atoms with Crippen molar-refractivity contribution < 1.29 is 14.3 Å². The summed E-state index contributed by atoms with van der Waals surface area (Å²) >= 11 is 0. The van der Waals surface area contributed by atoms with Crippen LogP contribution >= 0.6 is 0 Å². The number of amides is 2. The highest BCUT2D eigenvalue weighted by Crippen LogP contribution is 2.21. The number of nitrogens with two attached hydrogens (primary N) is 1. The van der Waals surface area contributed by atoms with E-state index < -0.39 is 11.7 Å². The minimum absolute atomic E-state index is 0.197. The van der Waals surface area contributed by atoms with Crippen molar-refractivity contribution in [3.05, 3.63) is 54.1 Å². The lowest BCUT2D eigenvalue weighted by Gasteiger charge is -2.21. The molecule has 2 aromatic rings. The Labute approximate surface area is 160 Å². The molecule has 144 valence electrons. The van der Waals surface area contributed by atoms with Gasteiger partial charge >= 0.3 is 6.09 Å². The topological polar surface area (TPSA) is 93.5 Å². The maximum atomic E-state index is 12.3. The largest absolute Gasteiger partial charge is 0.444 e. The normalized spacial score (nSPS) is 12.1. The number of anilines is 1. The third kappa shape index (κ3) is 6.66. The molecule has 0 heterocycles. The molecule has 0 saturated carbocycles. The summed E-state index contributed by atoms with van der Waals surface area (Å²) in [4.78, 5) is 24.0. The molecular formula is C21H27N3O3. The molecular weight excluding hydrogens is 342 g/mol. The lowest BCUT2D eigenvalue weighted by atomic mass is 10.0. The Morgan fingerprint density at radius 2 is 1.52 bits per heavy atom. The Morgan fingerprint density at radius 1 is 1.00 bits per heavy atom. The average Bonchev–Trinajstić information content (AvgIpc) is 2.59. The van der Waals surface area contributed by atoms with Crippen LogP contribution in [0.1, 0.15) is 38.1 Å². The van der Waals surface area contributed by atoms with Gasteiger partial charge in [0.15, 0.2) is 0 Å². The summed E-state index contributed by atoms with van der Waals surface area (Å²) in [6, 6.07) is 14.7. The molecule has 0 aliphatic heterocycles. The first-order chi connectivity index (χ1) is 12.6. The Morgan fingerprint density at radius 3 is 2.04 bits per heavy atom. The van der Waals surface area contributed by atoms with Gasteiger partial charge in [-0.05, 0) is 63.1 Å². The third-order valence-corrected chi connectivity index (χ3v) is 3.72. The van der Waals surface area contributed by atoms with Gasteiger partial charge in [-0.1, -0.05) is 24.3 Å². The predicted molar refractivity (Wildman–Crippen MR) is 107 cm³/mol. The van der Waals surface area contributed by atoms with Gasteiger partial charge < -0.3 is 21.1 Å². The molecule has 27 heavy (non-hydrogen) atoms. The number of carbonyl (C=O) groups excluding carboxylic acids is 2. The van der Waals surface area contributed by atoms with Crippen LogP contribution in [0, 0.1) is 0 Å². The Balaban J connectivity index is 1.88. The van der Waals surface area contributed by atoms with Crippen LogP contribution in [0.2, 0.25) is 0 Å². The molecule has 2 aromatic carbocycles. The Bertz CT molecular complexity index is 778. The van der Waals surface area contributed by atoms with Gasteiger partial charge in [0, 0.05) is 23.8 Å². The lowest BCUT2D eigenvalue weighted by Crippen LogP contribution is -2.43. The van der Waals surface area contributed by atoms with Gasteiger partial charge in [-0.15, -0.1) is 0 Å². The smallest absolute Gasteiger partial charge is 0.407 e. The van der Waals surface area contributed by atoms with E-state index in [0.29, 0.717) is 11.3 Å². The second-order valence-electron chi connectivity index (χ2n) is 7.46. The van der Waals surface area contributed by atoms with Crippen LogP contribution in [0.25, 0.3) is 11.1 Å². The van der Waals surface area contributed by atoms with Crippen LogP contribution < -0.4 is 16.4 Å². The SMILES string of the molecule is C[C@H](CNC(=O)OC(C)(C)C)NC(=O)c1ccc(-c2ccc(N)cc2)cc1. The molecule has 6 heteroatoms. The van der Waals surface area contributed by atoms with Gasteiger partial charge in [-0.3, -0.25) is 4.79 Å². The van der Waals surface area contributed by atoms with Crippen LogP contribution in [0.3, 0.4) is 0 Å². The summed E-state index contributed by atoms with van der Waals surface area (Å²) in [5.41, 5.74) is 8.45. The summed E-state index contributed by atoms with van der Waals surface area (Å²) in [5, 5.41) is 5.50. The van der Waals surface area contributed by atoms with Crippen LogP contribution in [-0.2, 0) is 4.74 Å². The molecule has 0 spiro atoms. The van der Waals surface area contributed by atoms with E-state index in [0.717, 1.165) is 11.1 Å². The van der Waals surface area contributed by atoms with Gasteiger partial charge in [-0.25, -0.2) is 4.79 Å². The first kappa shape index (κ1) is 20.3. The van der Waals surface area contributed by atoms with E-state index >= 15 is 0 Å². The van der Waals surface area contributed by atoms with Crippen molar-refractivity contribution in [3.63, 3.8) is 0 Å². The minimum atomic E-state index is -0.553. The van der Waals surface area contributed by atoms with Crippen LogP contribution in [0.15, 0.2) is 48.5 Å². The zero-order chi connectivity index (χ0) is 20.0. The fourth-order valence-electron chi connectivity index (χ4n) is 2.40. The van der Waals surface area contributed by atoms with Crippen molar-refractivity contribution >= 4 is 17.7 Å². The Kier molecular flexibility index (Phi) is 6.45. The first-order valence-electron chi connectivity index (χ1n) is 8.88. The van der Waals surface area contributed by atoms with Gasteiger partial charge in [0.1, 0.15) is 5.60 Å². The number of hydrogen-bond donors (Lipinski definition) is 3. The number of nitrogen functional groups attached to an aromatic ring is 1. The summed E-state index contributed by atoms with van der Waals surface area (Å²) < 4.78 is 5.17. The highest BCUT2D eigenvalue weighted by atomic mass is 16.6. The summed E-state index contributed by atoms with van der Waals surface area (Å²) in [7, 11) is 0. The predicted octanol–water partition coefficient (Wildman–Crippen LogP) is 3.58. The summed E-state index contributed by atoms with van der Waals surface area (Å²) in [5.74, 6) is -0.197. The molecule has 0 aromatic heterocycles. The first-order valence-corrected chi connectivity index (χ1v) is 8.88. The van der Waals surface area contributed by atoms with Crippen LogP contribution in [0.4, 0.5) is 10.5 Å². The number of alkyl carbamates (subject to hydrolysis) is 1. The molecule has 0 aliphatic carbocycles. The Hall–Kier alpha value is -3.02. The number of ether oxygens (including phenoxy) is 1.